The lowest BCUT2D eigenvalue weighted by atomic mass is 9.77. The van der Waals surface area contributed by atoms with E-state index in [1.54, 1.807) is 13.8 Å². The number of hydrogen-bond donors (Lipinski definition) is 2. The molecular formula is C37H55NO8. The summed E-state index contributed by atoms with van der Waals surface area (Å²) in [4.78, 5) is 29.6. The van der Waals surface area contributed by atoms with Gasteiger partial charge in [0, 0.05) is 12.5 Å². The van der Waals surface area contributed by atoms with Crippen LogP contribution in [0.1, 0.15) is 128 Å². The molecule has 256 valence electrons. The minimum atomic E-state index is -2.07. The minimum Gasteiger partial charge on any atom is -0.466 e. The highest BCUT2D eigenvalue weighted by atomic mass is 16.7. The van der Waals surface area contributed by atoms with Crippen molar-refractivity contribution in [2.75, 3.05) is 26.5 Å². The van der Waals surface area contributed by atoms with Crippen molar-refractivity contribution in [2.45, 2.75) is 146 Å². The molecule has 1 fully saturated rings. The van der Waals surface area contributed by atoms with E-state index in [1.165, 1.54) is 25.7 Å². The van der Waals surface area contributed by atoms with Crippen LogP contribution in [0.15, 0.2) is 23.8 Å². The molecule has 46 heavy (non-hydrogen) atoms. The monoisotopic (exact) mass is 641 g/mol. The number of benzene rings is 1. The zero-order valence-corrected chi connectivity index (χ0v) is 28.4. The number of ether oxygens (including phenoxy) is 4. The summed E-state index contributed by atoms with van der Waals surface area (Å²) in [6, 6.07) is 4.12. The molecule has 1 aromatic carbocycles. The minimum absolute atomic E-state index is 0.0188. The van der Waals surface area contributed by atoms with E-state index in [1.807, 2.05) is 6.92 Å². The second-order valence-electron chi connectivity index (χ2n) is 14.6. The predicted molar refractivity (Wildman–Crippen MR) is 175 cm³/mol. The van der Waals surface area contributed by atoms with Gasteiger partial charge in [0.15, 0.2) is 17.1 Å². The van der Waals surface area contributed by atoms with Crippen LogP contribution in [0.5, 0.6) is 11.5 Å². The van der Waals surface area contributed by atoms with Crippen molar-refractivity contribution in [3.8, 4) is 11.5 Å². The van der Waals surface area contributed by atoms with Crippen LogP contribution >= 0.6 is 0 Å². The van der Waals surface area contributed by atoms with E-state index in [0.717, 1.165) is 74.1 Å². The summed E-state index contributed by atoms with van der Waals surface area (Å²) in [5, 5.41) is 22.2. The van der Waals surface area contributed by atoms with Crippen LogP contribution in [-0.4, -0.2) is 76.4 Å². The molecule has 1 saturated heterocycles. The summed E-state index contributed by atoms with van der Waals surface area (Å²) >= 11 is 0. The van der Waals surface area contributed by atoms with Crippen LogP contribution in [0.4, 0.5) is 0 Å². The molecule has 0 bridgehead atoms. The number of nitrogens with zero attached hydrogens (tertiary/aromatic N) is 1. The van der Waals surface area contributed by atoms with Crippen LogP contribution < -0.4 is 9.47 Å². The van der Waals surface area contributed by atoms with Crippen molar-refractivity contribution >= 4 is 11.9 Å². The van der Waals surface area contributed by atoms with Gasteiger partial charge in [-0.3, -0.25) is 9.69 Å². The molecule has 4 atom stereocenters. The van der Waals surface area contributed by atoms with Gasteiger partial charge in [0.2, 0.25) is 6.79 Å². The Morgan fingerprint density at radius 3 is 2.46 bits per heavy atom. The summed E-state index contributed by atoms with van der Waals surface area (Å²) in [5.74, 6) is -0.180. The Morgan fingerprint density at radius 1 is 1.00 bits per heavy atom. The fourth-order valence-corrected chi connectivity index (χ4v) is 8.04. The Labute approximate surface area is 274 Å². The third-order valence-corrected chi connectivity index (χ3v) is 10.4. The smallest absolute Gasteiger partial charge is 0.339 e. The van der Waals surface area contributed by atoms with Gasteiger partial charge < -0.3 is 29.2 Å². The highest BCUT2D eigenvalue weighted by Crippen LogP contribution is 2.55. The van der Waals surface area contributed by atoms with Crippen molar-refractivity contribution in [1.82, 2.24) is 4.90 Å². The van der Waals surface area contributed by atoms with E-state index in [2.05, 4.69) is 30.0 Å². The van der Waals surface area contributed by atoms with E-state index < -0.39 is 35.7 Å². The number of carbonyl (C=O) groups is 2. The van der Waals surface area contributed by atoms with Gasteiger partial charge >= 0.3 is 11.9 Å². The molecular weight excluding hydrogens is 586 g/mol. The molecule has 4 aliphatic rings. The maximum Gasteiger partial charge on any atom is 0.339 e. The summed E-state index contributed by atoms with van der Waals surface area (Å²) < 4.78 is 23.3. The van der Waals surface area contributed by atoms with Gasteiger partial charge in [0.05, 0.1) is 24.2 Å². The second-order valence-corrected chi connectivity index (χ2v) is 14.6. The number of aliphatic hydroxyl groups is 2. The number of rotatable bonds is 16. The number of hydrogen-bond acceptors (Lipinski definition) is 9. The number of unbranched alkanes of at least 4 members (excludes halogenated alkanes) is 6. The van der Waals surface area contributed by atoms with Crippen LogP contribution in [-0.2, 0) is 25.5 Å². The Kier molecular flexibility index (Phi) is 11.1. The van der Waals surface area contributed by atoms with Gasteiger partial charge in [-0.1, -0.05) is 51.5 Å². The summed E-state index contributed by atoms with van der Waals surface area (Å²) in [6.45, 7) is 9.87. The summed E-state index contributed by atoms with van der Waals surface area (Å²) in [6.07, 6.45) is 12.4. The SMILES string of the molecule is CCCCCCCCCOC(=O)C[C@](O)(CCCC(C)(C)O)C(=O)OC1C(C)=C[C@@]23CCCN2CCc2cc4c(cc2[C@H]13)OCO4. The second kappa shape index (κ2) is 14.7. The topological polar surface area (TPSA) is 115 Å². The van der Waals surface area contributed by atoms with Gasteiger partial charge in [-0.2, -0.15) is 0 Å². The molecule has 1 aliphatic carbocycles. The first kappa shape index (κ1) is 34.7. The van der Waals surface area contributed by atoms with Crippen LogP contribution in [0, 0.1) is 0 Å². The van der Waals surface area contributed by atoms with Crippen LogP contribution in [0.25, 0.3) is 0 Å². The molecule has 0 amide bonds. The van der Waals surface area contributed by atoms with Gasteiger partial charge in [-0.05, 0) is 101 Å². The van der Waals surface area contributed by atoms with Gasteiger partial charge in [-0.25, -0.2) is 4.79 Å². The molecule has 1 unspecified atom stereocenters. The van der Waals surface area contributed by atoms with Gasteiger partial charge in [-0.15, -0.1) is 0 Å². The molecule has 1 spiro atoms. The Balaban J connectivity index is 1.32. The predicted octanol–water partition coefficient (Wildman–Crippen LogP) is 6.12. The third-order valence-electron chi connectivity index (χ3n) is 10.4. The Bertz CT molecular complexity index is 1270. The zero-order valence-electron chi connectivity index (χ0n) is 28.4. The fourth-order valence-electron chi connectivity index (χ4n) is 8.04. The average molecular weight is 642 g/mol. The highest BCUT2D eigenvalue weighted by Gasteiger charge is 2.57. The fraction of sp³-hybridized carbons (Fsp3) is 0.730. The van der Waals surface area contributed by atoms with Crippen LogP contribution in [0.3, 0.4) is 0 Å². The molecule has 3 heterocycles. The first-order valence-corrected chi connectivity index (χ1v) is 17.6. The summed E-state index contributed by atoms with van der Waals surface area (Å²) in [7, 11) is 0. The number of esters is 2. The molecule has 1 aromatic rings. The van der Waals surface area contributed by atoms with E-state index >= 15 is 0 Å². The third kappa shape index (κ3) is 7.74. The van der Waals surface area contributed by atoms with E-state index in [-0.39, 0.29) is 31.3 Å². The lowest BCUT2D eigenvalue weighted by Crippen LogP contribution is -2.49. The quantitative estimate of drug-likeness (QED) is 0.125. The standard InChI is InChI=1S/C37H55NO8/c1-5-6-7-8-9-10-11-20-43-31(39)24-37(42,17-12-15-35(3,4)41)34(40)46-33-26(2)23-36-16-13-18-38(36)19-14-27-21-29-30(45-25-44-29)22-28(27)32(33)36/h21-23,32-33,41-42H,5-20,24-25H2,1-4H3/t32-,33?,36-,37-/m1/s1. The lowest BCUT2D eigenvalue weighted by Gasteiger charge is -2.40. The normalized spacial score (nSPS) is 24.8. The van der Waals surface area contributed by atoms with Crippen molar-refractivity contribution in [1.29, 1.82) is 0 Å². The number of carbonyl (C=O) groups excluding carboxylic acids is 2. The Hall–Kier alpha value is -2.62. The Morgan fingerprint density at radius 2 is 1.72 bits per heavy atom. The molecule has 0 saturated carbocycles. The maximum absolute atomic E-state index is 14.1. The van der Waals surface area contributed by atoms with E-state index in [0.29, 0.717) is 18.6 Å². The first-order chi connectivity index (χ1) is 22.0. The summed E-state index contributed by atoms with van der Waals surface area (Å²) in [5.41, 5.74) is -0.169. The van der Waals surface area contributed by atoms with E-state index in [4.69, 9.17) is 18.9 Å². The van der Waals surface area contributed by atoms with Crippen molar-refractivity contribution in [3.05, 3.63) is 34.9 Å². The lowest BCUT2D eigenvalue weighted by molar-refractivity contribution is -0.178. The maximum atomic E-state index is 14.1. The molecule has 3 aliphatic heterocycles. The molecule has 2 N–H and O–H groups in total. The van der Waals surface area contributed by atoms with Crippen molar-refractivity contribution < 1.29 is 38.7 Å². The van der Waals surface area contributed by atoms with Gasteiger partial charge in [0.25, 0.3) is 0 Å². The first-order valence-electron chi connectivity index (χ1n) is 17.6. The van der Waals surface area contributed by atoms with Crippen molar-refractivity contribution in [3.63, 3.8) is 0 Å². The molecule has 9 heteroatoms. The zero-order chi connectivity index (χ0) is 33.0. The molecule has 0 aromatic heterocycles. The average Bonchev–Trinajstić information content (AvgIpc) is 3.67. The molecule has 5 rings (SSSR count). The highest BCUT2D eigenvalue weighted by molar-refractivity contribution is 5.86. The van der Waals surface area contributed by atoms with Gasteiger partial charge in [0.1, 0.15) is 6.10 Å². The molecule has 0 radical (unpaired) electrons. The van der Waals surface area contributed by atoms with Crippen molar-refractivity contribution in [2.24, 2.45) is 0 Å². The van der Waals surface area contributed by atoms with Crippen LogP contribution in [0.2, 0.25) is 0 Å². The number of fused-ring (bicyclic) bond motifs is 3. The van der Waals surface area contributed by atoms with E-state index in [9.17, 15) is 19.8 Å². The molecule has 9 nitrogen and oxygen atoms in total. The largest absolute Gasteiger partial charge is 0.466 e.